The summed E-state index contributed by atoms with van der Waals surface area (Å²) in [4.78, 5) is 11.7. The molecule has 0 saturated carbocycles. The second kappa shape index (κ2) is 6.71. The molecule has 0 heterocycles. The van der Waals surface area contributed by atoms with Crippen LogP contribution in [0.2, 0.25) is 0 Å². The molecule has 1 amide bonds. The van der Waals surface area contributed by atoms with E-state index in [0.29, 0.717) is 24.3 Å². The van der Waals surface area contributed by atoms with Gasteiger partial charge in [0.2, 0.25) is 15.9 Å². The zero-order valence-corrected chi connectivity index (χ0v) is 12.8. The lowest BCUT2D eigenvalue weighted by atomic mass is 10.1. The standard InChI is InChI=1S/C13H21N3O3S/c1-9(8-14)6-13(17)15-11-4-5-12(10(2)7-11)16-20(3,18)19/h4-5,7,9,16H,6,8,14H2,1-3H3,(H,15,17). The molecular weight excluding hydrogens is 278 g/mol. The highest BCUT2D eigenvalue weighted by molar-refractivity contribution is 7.92. The summed E-state index contributed by atoms with van der Waals surface area (Å²) >= 11 is 0. The minimum atomic E-state index is -3.31. The Morgan fingerprint density at radius 1 is 1.40 bits per heavy atom. The molecule has 1 atom stereocenters. The SMILES string of the molecule is Cc1cc(NC(=O)CC(C)CN)ccc1NS(C)(=O)=O. The highest BCUT2D eigenvalue weighted by Crippen LogP contribution is 2.20. The van der Waals surface area contributed by atoms with E-state index < -0.39 is 10.0 Å². The molecule has 0 aromatic heterocycles. The van der Waals surface area contributed by atoms with Gasteiger partial charge in [-0.25, -0.2) is 8.42 Å². The number of nitrogens with one attached hydrogen (secondary N) is 2. The van der Waals surface area contributed by atoms with Gasteiger partial charge in [0.15, 0.2) is 0 Å². The molecule has 112 valence electrons. The van der Waals surface area contributed by atoms with E-state index in [1.165, 1.54) is 0 Å². The van der Waals surface area contributed by atoms with Gasteiger partial charge < -0.3 is 11.1 Å². The Kier molecular flexibility index (Phi) is 5.52. The summed E-state index contributed by atoms with van der Waals surface area (Å²) in [7, 11) is -3.31. The van der Waals surface area contributed by atoms with Crippen molar-refractivity contribution in [2.75, 3.05) is 22.8 Å². The molecule has 0 aliphatic carbocycles. The number of benzene rings is 1. The molecule has 1 aromatic carbocycles. The van der Waals surface area contributed by atoms with Crippen molar-refractivity contribution < 1.29 is 13.2 Å². The zero-order chi connectivity index (χ0) is 15.3. The van der Waals surface area contributed by atoms with Crippen LogP contribution in [-0.2, 0) is 14.8 Å². The second-order valence-electron chi connectivity index (χ2n) is 5.00. The normalized spacial score (nSPS) is 12.8. The largest absolute Gasteiger partial charge is 0.330 e. The fourth-order valence-electron chi connectivity index (χ4n) is 1.67. The molecular formula is C13H21N3O3S. The number of hydrogen-bond donors (Lipinski definition) is 3. The van der Waals surface area contributed by atoms with Crippen LogP contribution in [0.3, 0.4) is 0 Å². The molecule has 0 spiro atoms. The first-order chi connectivity index (χ1) is 9.21. The number of rotatable bonds is 6. The molecule has 0 aliphatic rings. The van der Waals surface area contributed by atoms with Gasteiger partial charge in [0.25, 0.3) is 0 Å². The minimum absolute atomic E-state index is 0.105. The van der Waals surface area contributed by atoms with Crippen LogP contribution in [0.5, 0.6) is 0 Å². The fraction of sp³-hybridized carbons (Fsp3) is 0.462. The number of nitrogens with two attached hydrogens (primary N) is 1. The second-order valence-corrected chi connectivity index (χ2v) is 6.75. The molecule has 0 fully saturated rings. The molecule has 1 unspecified atom stereocenters. The van der Waals surface area contributed by atoms with E-state index in [1.54, 1.807) is 25.1 Å². The van der Waals surface area contributed by atoms with Crippen LogP contribution in [0.15, 0.2) is 18.2 Å². The topological polar surface area (TPSA) is 101 Å². The van der Waals surface area contributed by atoms with Crippen molar-refractivity contribution in [3.63, 3.8) is 0 Å². The first-order valence-corrected chi connectivity index (χ1v) is 8.18. The van der Waals surface area contributed by atoms with Gasteiger partial charge in [-0.05, 0) is 43.1 Å². The molecule has 0 saturated heterocycles. The summed E-state index contributed by atoms with van der Waals surface area (Å²) < 4.78 is 24.8. The van der Waals surface area contributed by atoms with E-state index >= 15 is 0 Å². The first-order valence-electron chi connectivity index (χ1n) is 6.29. The van der Waals surface area contributed by atoms with Gasteiger partial charge in [-0.3, -0.25) is 9.52 Å². The van der Waals surface area contributed by atoms with Gasteiger partial charge >= 0.3 is 0 Å². The Balaban J connectivity index is 2.75. The van der Waals surface area contributed by atoms with Crippen LogP contribution in [0, 0.1) is 12.8 Å². The predicted octanol–water partition coefficient (Wildman–Crippen LogP) is 1.29. The Hall–Kier alpha value is -1.60. The maximum atomic E-state index is 11.7. The van der Waals surface area contributed by atoms with Crippen molar-refractivity contribution in [2.45, 2.75) is 20.3 Å². The molecule has 0 aliphatic heterocycles. The average Bonchev–Trinajstić information content (AvgIpc) is 2.31. The maximum absolute atomic E-state index is 11.7. The van der Waals surface area contributed by atoms with Gasteiger partial charge in [0.1, 0.15) is 0 Å². The highest BCUT2D eigenvalue weighted by Gasteiger charge is 2.09. The van der Waals surface area contributed by atoms with Crippen LogP contribution in [-0.4, -0.2) is 27.1 Å². The minimum Gasteiger partial charge on any atom is -0.330 e. The smallest absolute Gasteiger partial charge is 0.229 e. The van der Waals surface area contributed by atoms with Crippen molar-refractivity contribution in [1.29, 1.82) is 0 Å². The molecule has 4 N–H and O–H groups in total. The molecule has 7 heteroatoms. The van der Waals surface area contributed by atoms with E-state index in [2.05, 4.69) is 10.0 Å². The Labute approximate surface area is 119 Å². The zero-order valence-electron chi connectivity index (χ0n) is 11.9. The number of carbonyl (C=O) groups is 1. The third-order valence-corrected chi connectivity index (χ3v) is 3.33. The number of hydrogen-bond acceptors (Lipinski definition) is 4. The molecule has 1 rings (SSSR count). The maximum Gasteiger partial charge on any atom is 0.229 e. The summed E-state index contributed by atoms with van der Waals surface area (Å²) in [5.74, 6) is 0.0217. The van der Waals surface area contributed by atoms with E-state index in [9.17, 15) is 13.2 Å². The summed E-state index contributed by atoms with van der Waals surface area (Å²) in [6.45, 7) is 4.14. The number of carbonyl (C=O) groups excluding carboxylic acids is 1. The van der Waals surface area contributed by atoms with Crippen molar-refractivity contribution in [3.8, 4) is 0 Å². The quantitative estimate of drug-likeness (QED) is 0.736. The lowest BCUT2D eigenvalue weighted by Crippen LogP contribution is -2.20. The van der Waals surface area contributed by atoms with Crippen LogP contribution in [0.4, 0.5) is 11.4 Å². The van der Waals surface area contributed by atoms with Crippen LogP contribution in [0.1, 0.15) is 18.9 Å². The van der Waals surface area contributed by atoms with Gasteiger partial charge in [0, 0.05) is 12.1 Å². The summed E-state index contributed by atoms with van der Waals surface area (Å²) in [6, 6.07) is 5.00. The molecule has 0 radical (unpaired) electrons. The number of aryl methyl sites for hydroxylation is 1. The summed E-state index contributed by atoms with van der Waals surface area (Å²) in [5.41, 5.74) is 7.34. The van der Waals surface area contributed by atoms with Gasteiger partial charge in [-0.15, -0.1) is 0 Å². The highest BCUT2D eigenvalue weighted by atomic mass is 32.2. The fourth-order valence-corrected chi connectivity index (χ4v) is 2.30. The van der Waals surface area contributed by atoms with Crippen LogP contribution in [0.25, 0.3) is 0 Å². The summed E-state index contributed by atoms with van der Waals surface area (Å²) in [6.07, 6.45) is 1.45. The van der Waals surface area contributed by atoms with E-state index in [4.69, 9.17) is 5.73 Å². The first kappa shape index (κ1) is 16.5. The summed E-state index contributed by atoms with van der Waals surface area (Å²) in [5, 5.41) is 2.77. The Morgan fingerprint density at radius 3 is 2.55 bits per heavy atom. The Bertz CT molecular complexity index is 585. The van der Waals surface area contributed by atoms with Crippen LogP contribution >= 0.6 is 0 Å². The molecule has 0 bridgehead atoms. The third kappa shape index (κ3) is 5.58. The van der Waals surface area contributed by atoms with Crippen molar-refractivity contribution in [3.05, 3.63) is 23.8 Å². The van der Waals surface area contributed by atoms with E-state index in [1.807, 2.05) is 6.92 Å². The molecule has 1 aromatic rings. The van der Waals surface area contributed by atoms with Gasteiger partial charge in [-0.2, -0.15) is 0 Å². The molecule has 6 nitrogen and oxygen atoms in total. The lowest BCUT2D eigenvalue weighted by molar-refractivity contribution is -0.116. The molecule has 20 heavy (non-hydrogen) atoms. The van der Waals surface area contributed by atoms with Gasteiger partial charge in [0.05, 0.1) is 11.9 Å². The number of anilines is 2. The van der Waals surface area contributed by atoms with Crippen molar-refractivity contribution >= 4 is 27.3 Å². The van der Waals surface area contributed by atoms with Gasteiger partial charge in [-0.1, -0.05) is 6.92 Å². The van der Waals surface area contributed by atoms with Crippen LogP contribution < -0.4 is 15.8 Å². The Morgan fingerprint density at radius 2 is 2.05 bits per heavy atom. The monoisotopic (exact) mass is 299 g/mol. The van der Waals surface area contributed by atoms with Crippen molar-refractivity contribution in [2.24, 2.45) is 11.7 Å². The number of amides is 1. The number of sulfonamides is 1. The van der Waals surface area contributed by atoms with Crippen molar-refractivity contribution in [1.82, 2.24) is 0 Å². The third-order valence-electron chi connectivity index (χ3n) is 2.74. The predicted molar refractivity (Wildman–Crippen MR) is 81.1 cm³/mol. The lowest BCUT2D eigenvalue weighted by Gasteiger charge is -2.12. The van der Waals surface area contributed by atoms with E-state index in [0.717, 1.165) is 11.8 Å². The van der Waals surface area contributed by atoms with E-state index in [-0.39, 0.29) is 11.8 Å². The average molecular weight is 299 g/mol.